The van der Waals surface area contributed by atoms with Gasteiger partial charge in [0.1, 0.15) is 12.4 Å². The van der Waals surface area contributed by atoms with Crippen LogP contribution in [-0.2, 0) is 17.9 Å². The Balaban J connectivity index is 1.35. The van der Waals surface area contributed by atoms with E-state index in [1.54, 1.807) is 42.5 Å². The van der Waals surface area contributed by atoms with Crippen molar-refractivity contribution in [2.45, 2.75) is 20.1 Å². The van der Waals surface area contributed by atoms with E-state index < -0.39 is 0 Å². The number of hydrogen-bond acceptors (Lipinski definition) is 5. The smallest absolute Gasteiger partial charge is 0.293 e. The Morgan fingerprint density at radius 3 is 2.46 bits per heavy atom. The van der Waals surface area contributed by atoms with Gasteiger partial charge in [-0.2, -0.15) is 0 Å². The van der Waals surface area contributed by atoms with Crippen molar-refractivity contribution in [3.63, 3.8) is 0 Å². The van der Waals surface area contributed by atoms with Gasteiger partial charge in [0.05, 0.1) is 18.1 Å². The lowest BCUT2D eigenvalue weighted by molar-refractivity contribution is -0.123. The summed E-state index contributed by atoms with van der Waals surface area (Å²) < 4.78 is 25.5. The molecule has 186 valence electrons. The first-order valence-corrected chi connectivity index (χ1v) is 12.7. The van der Waals surface area contributed by atoms with E-state index in [0.717, 1.165) is 28.1 Å². The summed E-state index contributed by atoms with van der Waals surface area (Å²) in [4.78, 5) is 27.5. The highest BCUT2D eigenvalue weighted by molar-refractivity contribution is 8.18. The maximum absolute atomic E-state index is 14.0. The number of carbonyl (C=O) groups is 2. The quantitative estimate of drug-likeness (QED) is 0.233. The second kappa shape index (κ2) is 10.9. The topological polar surface area (TPSA) is 55.8 Å². The zero-order chi connectivity index (χ0) is 25.8. The molecule has 4 aromatic carbocycles. The third-order valence-corrected chi connectivity index (χ3v) is 6.90. The van der Waals surface area contributed by atoms with E-state index in [9.17, 15) is 14.0 Å². The van der Waals surface area contributed by atoms with Gasteiger partial charge >= 0.3 is 0 Å². The molecule has 37 heavy (non-hydrogen) atoms. The first kappa shape index (κ1) is 24.6. The van der Waals surface area contributed by atoms with E-state index in [1.807, 2.05) is 49.4 Å². The van der Waals surface area contributed by atoms with Crippen LogP contribution in [0.1, 0.15) is 23.6 Å². The molecule has 0 N–H and O–H groups in total. The second-order valence-electron chi connectivity index (χ2n) is 8.43. The van der Waals surface area contributed by atoms with Crippen molar-refractivity contribution >= 4 is 39.8 Å². The number of amides is 2. The van der Waals surface area contributed by atoms with E-state index in [-0.39, 0.29) is 30.1 Å². The van der Waals surface area contributed by atoms with Crippen molar-refractivity contribution in [3.8, 4) is 11.5 Å². The van der Waals surface area contributed by atoms with Crippen molar-refractivity contribution in [1.82, 2.24) is 4.90 Å². The fraction of sp³-hybridized carbons (Fsp3) is 0.133. The Morgan fingerprint density at radius 2 is 1.62 bits per heavy atom. The molecule has 0 spiro atoms. The molecule has 0 aromatic heterocycles. The molecule has 1 aliphatic rings. The van der Waals surface area contributed by atoms with Crippen LogP contribution in [0.2, 0.25) is 0 Å². The number of fused-ring (bicyclic) bond motifs is 1. The molecule has 1 heterocycles. The first-order valence-electron chi connectivity index (χ1n) is 11.9. The van der Waals surface area contributed by atoms with Crippen LogP contribution < -0.4 is 9.47 Å². The minimum atomic E-state index is -0.337. The zero-order valence-corrected chi connectivity index (χ0v) is 21.0. The largest absolute Gasteiger partial charge is 0.490 e. The predicted octanol–water partition coefficient (Wildman–Crippen LogP) is 7.19. The fourth-order valence-electron chi connectivity index (χ4n) is 4.16. The Bertz CT molecular complexity index is 1510. The molecule has 0 saturated carbocycles. The molecule has 1 fully saturated rings. The molecule has 0 aliphatic carbocycles. The average Bonchev–Trinajstić information content (AvgIpc) is 3.16. The van der Waals surface area contributed by atoms with Crippen molar-refractivity contribution in [3.05, 3.63) is 112 Å². The number of hydrogen-bond donors (Lipinski definition) is 0. The second-order valence-corrected chi connectivity index (χ2v) is 9.42. The van der Waals surface area contributed by atoms with Crippen molar-refractivity contribution in [1.29, 1.82) is 0 Å². The van der Waals surface area contributed by atoms with E-state index >= 15 is 0 Å². The van der Waals surface area contributed by atoms with Gasteiger partial charge in [0.25, 0.3) is 11.1 Å². The van der Waals surface area contributed by atoms with Gasteiger partial charge in [-0.25, -0.2) is 4.39 Å². The van der Waals surface area contributed by atoms with Crippen LogP contribution in [0.15, 0.2) is 89.8 Å². The fourth-order valence-corrected chi connectivity index (χ4v) is 5.00. The molecule has 0 unspecified atom stereocenters. The molecule has 7 heteroatoms. The maximum atomic E-state index is 14.0. The number of nitrogens with zero attached hydrogens (tertiary/aromatic N) is 1. The summed E-state index contributed by atoms with van der Waals surface area (Å²) >= 11 is 0.919. The van der Waals surface area contributed by atoms with Crippen LogP contribution in [0.4, 0.5) is 9.18 Å². The number of carbonyl (C=O) groups excluding carboxylic acids is 2. The number of ether oxygens (including phenoxy) is 2. The normalized spacial score (nSPS) is 14.5. The van der Waals surface area contributed by atoms with Crippen molar-refractivity contribution < 1.29 is 23.5 Å². The maximum Gasteiger partial charge on any atom is 0.293 e. The molecule has 5 nitrogen and oxygen atoms in total. The molecule has 0 radical (unpaired) electrons. The third kappa shape index (κ3) is 5.37. The van der Waals surface area contributed by atoms with Gasteiger partial charge in [-0.15, -0.1) is 0 Å². The van der Waals surface area contributed by atoms with Gasteiger partial charge in [-0.3, -0.25) is 14.5 Å². The van der Waals surface area contributed by atoms with Crippen LogP contribution in [0.25, 0.3) is 16.8 Å². The summed E-state index contributed by atoms with van der Waals surface area (Å²) in [7, 11) is 0. The molecule has 1 saturated heterocycles. The van der Waals surface area contributed by atoms with Crippen molar-refractivity contribution in [2.24, 2.45) is 0 Å². The van der Waals surface area contributed by atoms with E-state index in [1.165, 1.54) is 11.0 Å². The molecule has 0 atom stereocenters. The Morgan fingerprint density at radius 1 is 0.865 bits per heavy atom. The van der Waals surface area contributed by atoms with Gasteiger partial charge in [-0.1, -0.05) is 66.7 Å². The molecule has 2 amide bonds. The Labute approximate surface area is 218 Å². The lowest BCUT2D eigenvalue weighted by Crippen LogP contribution is -2.27. The minimum absolute atomic E-state index is 0.0547. The van der Waals surface area contributed by atoms with Crippen LogP contribution in [0.5, 0.6) is 11.5 Å². The summed E-state index contributed by atoms with van der Waals surface area (Å²) in [6.45, 7) is 2.52. The molecule has 5 rings (SSSR count). The SMILES string of the molecule is CCOc1cc(/C=C2\SC(=O)N(Cc3cccc4ccccc34)C2=O)ccc1OCc1ccccc1F. The van der Waals surface area contributed by atoms with E-state index in [4.69, 9.17) is 9.47 Å². The van der Waals surface area contributed by atoms with Crippen LogP contribution >= 0.6 is 11.8 Å². The van der Waals surface area contributed by atoms with Crippen LogP contribution in [-0.4, -0.2) is 22.7 Å². The Kier molecular flexibility index (Phi) is 7.23. The van der Waals surface area contributed by atoms with Gasteiger partial charge in [0.2, 0.25) is 0 Å². The van der Waals surface area contributed by atoms with E-state index in [2.05, 4.69) is 0 Å². The molecule has 4 aromatic rings. The molecule has 1 aliphatic heterocycles. The highest BCUT2D eigenvalue weighted by atomic mass is 32.2. The number of rotatable bonds is 8. The van der Waals surface area contributed by atoms with Crippen LogP contribution in [0.3, 0.4) is 0 Å². The summed E-state index contributed by atoms with van der Waals surface area (Å²) in [6.07, 6.45) is 1.68. The standard InChI is InChI=1S/C30H24FNO4S/c1-2-35-27-16-20(14-15-26(27)36-19-23-9-4-6-13-25(23)31)17-28-29(33)32(30(34)37-28)18-22-11-7-10-21-8-3-5-12-24(21)22/h3-17H,2,18-19H2,1H3/b28-17-. The average molecular weight is 514 g/mol. The van der Waals surface area contributed by atoms with E-state index in [0.29, 0.717) is 34.1 Å². The predicted molar refractivity (Wildman–Crippen MR) is 144 cm³/mol. The number of halogens is 1. The van der Waals surface area contributed by atoms with Gasteiger partial charge in [0, 0.05) is 5.56 Å². The molecule has 0 bridgehead atoms. The summed E-state index contributed by atoms with van der Waals surface area (Å²) in [5.74, 6) is 0.269. The number of benzene rings is 4. The first-order chi connectivity index (χ1) is 18.0. The van der Waals surface area contributed by atoms with Gasteiger partial charge < -0.3 is 9.47 Å². The van der Waals surface area contributed by atoms with Crippen molar-refractivity contribution in [2.75, 3.05) is 6.61 Å². The van der Waals surface area contributed by atoms with Gasteiger partial charge in [-0.05, 0) is 64.9 Å². The summed E-state index contributed by atoms with van der Waals surface area (Å²) in [6, 6.07) is 25.4. The number of imide groups is 1. The van der Waals surface area contributed by atoms with Crippen LogP contribution in [0, 0.1) is 5.82 Å². The molecular weight excluding hydrogens is 489 g/mol. The lowest BCUT2D eigenvalue weighted by atomic mass is 10.0. The highest BCUT2D eigenvalue weighted by Crippen LogP contribution is 2.36. The summed E-state index contributed by atoms with van der Waals surface area (Å²) in [5, 5.41) is 1.77. The minimum Gasteiger partial charge on any atom is -0.490 e. The molecular formula is C30H24FNO4S. The van der Waals surface area contributed by atoms with Gasteiger partial charge in [0.15, 0.2) is 11.5 Å². The highest BCUT2D eigenvalue weighted by Gasteiger charge is 2.35. The monoisotopic (exact) mass is 513 g/mol. The zero-order valence-electron chi connectivity index (χ0n) is 20.1. The number of thioether (sulfide) groups is 1. The lowest BCUT2D eigenvalue weighted by Gasteiger charge is -2.14. The third-order valence-electron chi connectivity index (χ3n) is 5.99. The Hall–Kier alpha value is -4.10. The summed E-state index contributed by atoms with van der Waals surface area (Å²) in [5.41, 5.74) is 2.04.